The third-order valence-electron chi connectivity index (χ3n) is 3.12. The van der Waals surface area contributed by atoms with Gasteiger partial charge in [-0.2, -0.15) is 0 Å². The lowest BCUT2D eigenvalue weighted by Crippen LogP contribution is -2.19. The van der Waals surface area contributed by atoms with E-state index < -0.39 is 0 Å². The Morgan fingerprint density at radius 3 is 2.21 bits per heavy atom. The number of rotatable bonds is 4. The second-order valence-electron chi connectivity index (χ2n) is 4.62. The second kappa shape index (κ2) is 5.76. The molecule has 1 aliphatic heterocycles. The van der Waals surface area contributed by atoms with Gasteiger partial charge in [0, 0.05) is 6.54 Å². The van der Waals surface area contributed by atoms with Gasteiger partial charge >= 0.3 is 0 Å². The summed E-state index contributed by atoms with van der Waals surface area (Å²) < 4.78 is 11.6. The minimum atomic E-state index is 0.292. The van der Waals surface area contributed by atoms with Crippen LogP contribution in [-0.4, -0.2) is 19.2 Å². The molecular weight excluding hydrogens is 238 g/mol. The molecule has 0 amide bonds. The van der Waals surface area contributed by atoms with Gasteiger partial charge in [0.2, 0.25) is 0 Å². The third-order valence-corrected chi connectivity index (χ3v) is 3.12. The van der Waals surface area contributed by atoms with Gasteiger partial charge in [0.25, 0.3) is 0 Å². The summed E-state index contributed by atoms with van der Waals surface area (Å²) in [5.74, 6) is 2.56. The van der Waals surface area contributed by atoms with Gasteiger partial charge < -0.3 is 14.8 Å². The Bertz CT molecular complexity index is 504. The molecule has 19 heavy (non-hydrogen) atoms. The van der Waals surface area contributed by atoms with E-state index in [1.807, 2.05) is 54.6 Å². The van der Waals surface area contributed by atoms with E-state index in [4.69, 9.17) is 9.47 Å². The highest BCUT2D eigenvalue weighted by Crippen LogP contribution is 2.24. The molecule has 2 aromatic carbocycles. The fraction of sp³-hybridized carbons (Fsp3) is 0.250. The third kappa shape index (κ3) is 3.26. The van der Waals surface area contributed by atoms with Crippen LogP contribution in [0.5, 0.6) is 17.2 Å². The Labute approximate surface area is 113 Å². The van der Waals surface area contributed by atoms with Crippen molar-refractivity contribution in [1.29, 1.82) is 0 Å². The molecule has 98 valence electrons. The smallest absolute Gasteiger partial charge is 0.127 e. The van der Waals surface area contributed by atoms with Gasteiger partial charge in [0.05, 0.1) is 0 Å². The molecule has 1 saturated heterocycles. The second-order valence-corrected chi connectivity index (χ2v) is 4.62. The summed E-state index contributed by atoms with van der Waals surface area (Å²) in [4.78, 5) is 0. The van der Waals surface area contributed by atoms with Crippen molar-refractivity contribution in [2.24, 2.45) is 0 Å². The minimum Gasteiger partial charge on any atom is -0.489 e. The average molecular weight is 255 g/mol. The zero-order valence-electron chi connectivity index (χ0n) is 10.7. The van der Waals surface area contributed by atoms with Crippen molar-refractivity contribution in [3.05, 3.63) is 54.6 Å². The lowest BCUT2D eigenvalue weighted by atomic mass is 10.3. The Balaban J connectivity index is 1.62. The normalized spacial score (nSPS) is 18.2. The van der Waals surface area contributed by atoms with Gasteiger partial charge in [-0.15, -0.1) is 0 Å². The van der Waals surface area contributed by atoms with Crippen LogP contribution in [0.25, 0.3) is 0 Å². The monoisotopic (exact) mass is 255 g/mol. The molecule has 3 heteroatoms. The van der Waals surface area contributed by atoms with E-state index in [9.17, 15) is 0 Å². The summed E-state index contributed by atoms with van der Waals surface area (Å²) in [7, 11) is 0. The van der Waals surface area contributed by atoms with Crippen LogP contribution in [-0.2, 0) is 0 Å². The number of para-hydroxylation sites is 1. The molecular formula is C16H17NO2. The van der Waals surface area contributed by atoms with Crippen molar-refractivity contribution in [3.8, 4) is 17.2 Å². The molecule has 2 aromatic rings. The van der Waals surface area contributed by atoms with Crippen molar-refractivity contribution in [1.82, 2.24) is 5.32 Å². The van der Waals surface area contributed by atoms with Gasteiger partial charge in [-0.1, -0.05) is 18.2 Å². The Kier molecular flexibility index (Phi) is 3.65. The SMILES string of the molecule is c1ccc(Oc2ccc(O[C@H]3CCNC3)cc2)cc1. The minimum absolute atomic E-state index is 0.292. The van der Waals surface area contributed by atoms with Crippen LogP contribution in [0.1, 0.15) is 6.42 Å². The molecule has 3 rings (SSSR count). The maximum Gasteiger partial charge on any atom is 0.127 e. The first-order chi connectivity index (χ1) is 9.40. The van der Waals surface area contributed by atoms with E-state index in [0.717, 1.165) is 36.8 Å². The van der Waals surface area contributed by atoms with Crippen molar-refractivity contribution < 1.29 is 9.47 Å². The van der Waals surface area contributed by atoms with Crippen molar-refractivity contribution in [2.75, 3.05) is 13.1 Å². The summed E-state index contributed by atoms with van der Waals surface area (Å²) >= 11 is 0. The van der Waals surface area contributed by atoms with E-state index in [-0.39, 0.29) is 0 Å². The molecule has 0 bridgehead atoms. The topological polar surface area (TPSA) is 30.5 Å². The Hall–Kier alpha value is -2.00. The lowest BCUT2D eigenvalue weighted by Gasteiger charge is -2.13. The van der Waals surface area contributed by atoms with Gasteiger partial charge in [-0.25, -0.2) is 0 Å². The quantitative estimate of drug-likeness (QED) is 0.910. The molecule has 1 aliphatic rings. The van der Waals surface area contributed by atoms with E-state index >= 15 is 0 Å². The highest BCUT2D eigenvalue weighted by atomic mass is 16.5. The number of hydrogen-bond donors (Lipinski definition) is 1. The van der Waals surface area contributed by atoms with E-state index in [2.05, 4.69) is 5.32 Å². The van der Waals surface area contributed by atoms with Crippen molar-refractivity contribution >= 4 is 0 Å². The highest BCUT2D eigenvalue weighted by Gasteiger charge is 2.15. The molecule has 0 radical (unpaired) electrons. The number of benzene rings is 2. The highest BCUT2D eigenvalue weighted by molar-refractivity contribution is 5.35. The van der Waals surface area contributed by atoms with Gasteiger partial charge in [0.1, 0.15) is 23.4 Å². The predicted octanol–water partition coefficient (Wildman–Crippen LogP) is 3.22. The summed E-state index contributed by atoms with van der Waals surface area (Å²) in [5.41, 5.74) is 0. The van der Waals surface area contributed by atoms with E-state index in [1.165, 1.54) is 0 Å². The summed E-state index contributed by atoms with van der Waals surface area (Å²) in [6.07, 6.45) is 1.36. The molecule has 0 aliphatic carbocycles. The Morgan fingerprint density at radius 2 is 1.53 bits per heavy atom. The first-order valence-corrected chi connectivity index (χ1v) is 6.60. The van der Waals surface area contributed by atoms with Gasteiger partial charge in [0.15, 0.2) is 0 Å². The zero-order chi connectivity index (χ0) is 12.9. The van der Waals surface area contributed by atoms with Crippen LogP contribution in [0.2, 0.25) is 0 Å². The first kappa shape index (κ1) is 12.1. The maximum atomic E-state index is 5.86. The van der Waals surface area contributed by atoms with Crippen LogP contribution in [0.15, 0.2) is 54.6 Å². The average Bonchev–Trinajstić information content (AvgIpc) is 2.95. The molecule has 3 nitrogen and oxygen atoms in total. The van der Waals surface area contributed by atoms with Crippen LogP contribution in [0.4, 0.5) is 0 Å². The van der Waals surface area contributed by atoms with E-state index in [1.54, 1.807) is 0 Å². The molecule has 1 heterocycles. The van der Waals surface area contributed by atoms with Crippen LogP contribution >= 0.6 is 0 Å². The zero-order valence-corrected chi connectivity index (χ0v) is 10.7. The number of nitrogens with one attached hydrogen (secondary N) is 1. The molecule has 0 saturated carbocycles. The van der Waals surface area contributed by atoms with Crippen molar-refractivity contribution in [3.63, 3.8) is 0 Å². The summed E-state index contributed by atoms with van der Waals surface area (Å²) in [6, 6.07) is 17.5. The molecule has 0 unspecified atom stereocenters. The van der Waals surface area contributed by atoms with Gasteiger partial charge in [-0.3, -0.25) is 0 Å². The fourth-order valence-corrected chi connectivity index (χ4v) is 2.13. The summed E-state index contributed by atoms with van der Waals surface area (Å²) in [6.45, 7) is 1.97. The molecule has 1 atom stereocenters. The maximum absolute atomic E-state index is 5.86. The fourth-order valence-electron chi connectivity index (χ4n) is 2.13. The predicted molar refractivity (Wildman–Crippen MR) is 74.9 cm³/mol. The molecule has 0 aromatic heterocycles. The number of hydrogen-bond acceptors (Lipinski definition) is 3. The van der Waals surface area contributed by atoms with Crippen LogP contribution in [0.3, 0.4) is 0 Å². The van der Waals surface area contributed by atoms with Crippen LogP contribution < -0.4 is 14.8 Å². The Morgan fingerprint density at radius 1 is 0.842 bits per heavy atom. The molecule has 1 fully saturated rings. The first-order valence-electron chi connectivity index (χ1n) is 6.60. The standard InChI is InChI=1S/C16H17NO2/c1-2-4-13(5-3-1)18-14-6-8-15(9-7-14)19-16-10-11-17-12-16/h1-9,16-17H,10-12H2/t16-/m0/s1. The van der Waals surface area contributed by atoms with E-state index in [0.29, 0.717) is 6.10 Å². The molecule has 1 N–H and O–H groups in total. The largest absolute Gasteiger partial charge is 0.489 e. The lowest BCUT2D eigenvalue weighted by molar-refractivity contribution is 0.223. The summed E-state index contributed by atoms with van der Waals surface area (Å²) in [5, 5.41) is 3.29. The van der Waals surface area contributed by atoms with Crippen molar-refractivity contribution in [2.45, 2.75) is 12.5 Å². The number of ether oxygens (including phenoxy) is 2. The van der Waals surface area contributed by atoms with Crippen LogP contribution in [0, 0.1) is 0 Å². The molecule has 0 spiro atoms. The van der Waals surface area contributed by atoms with Gasteiger partial charge in [-0.05, 0) is 49.4 Å².